The summed E-state index contributed by atoms with van der Waals surface area (Å²) in [6, 6.07) is 6.24. The Morgan fingerprint density at radius 3 is 2.58 bits per heavy atom. The molecule has 0 radical (unpaired) electrons. The molecule has 0 bridgehead atoms. The molecule has 1 heterocycles. The number of benzene rings is 1. The van der Waals surface area contributed by atoms with Crippen LogP contribution in [0, 0.1) is 11.8 Å². The van der Waals surface area contributed by atoms with Gasteiger partial charge >= 0.3 is 0 Å². The van der Waals surface area contributed by atoms with E-state index in [0.717, 1.165) is 42.1 Å². The third kappa shape index (κ3) is 8.27. The summed E-state index contributed by atoms with van der Waals surface area (Å²) >= 11 is 0. The van der Waals surface area contributed by atoms with Crippen molar-refractivity contribution in [2.75, 3.05) is 12.3 Å². The van der Waals surface area contributed by atoms with Gasteiger partial charge in [0.25, 0.3) is 0 Å². The van der Waals surface area contributed by atoms with Gasteiger partial charge in [0.05, 0.1) is 24.3 Å². The second-order valence-corrected chi connectivity index (χ2v) is 13.2. The van der Waals surface area contributed by atoms with Crippen molar-refractivity contribution in [2.45, 2.75) is 83.4 Å². The molecule has 4 atom stereocenters. The van der Waals surface area contributed by atoms with Crippen molar-refractivity contribution in [3.8, 4) is 0 Å². The molecule has 9 heteroatoms. The van der Waals surface area contributed by atoms with E-state index in [1.54, 1.807) is 0 Å². The number of para-hydroxylation sites is 1. The van der Waals surface area contributed by atoms with Gasteiger partial charge in [-0.2, -0.15) is 0 Å². The van der Waals surface area contributed by atoms with Gasteiger partial charge in [0, 0.05) is 29.7 Å². The highest BCUT2D eigenvalue weighted by atomic mass is 31.2. The number of hydrogen-bond donors (Lipinski definition) is 5. The van der Waals surface area contributed by atoms with Crippen LogP contribution in [-0.4, -0.2) is 57.2 Å². The fourth-order valence-electron chi connectivity index (χ4n) is 5.24. The number of Topliss-reactive ketones (excluding diaryl/α,β-unsaturated/α-hetero) is 1. The van der Waals surface area contributed by atoms with Crippen LogP contribution in [0.3, 0.4) is 0 Å². The zero-order valence-electron chi connectivity index (χ0n) is 21.5. The lowest BCUT2D eigenvalue weighted by molar-refractivity contribution is -0.129. The fourth-order valence-corrected chi connectivity index (χ4v) is 7.40. The molecule has 1 aromatic carbocycles. The Bertz CT molecular complexity index is 1060. The molecule has 3 rings (SSSR count). The van der Waals surface area contributed by atoms with Crippen LogP contribution in [0.2, 0.25) is 0 Å². The van der Waals surface area contributed by atoms with Crippen molar-refractivity contribution in [1.29, 1.82) is 0 Å². The standard InChI is InChI=1S/C27H42N3O5P/c1-18(2)26(30-27(33)23(28)14-20-15-29-24-11-7-6-10-22(20)24)25(32)13-12-21(31)17-36(34,35)16-19-8-4-3-5-9-19/h6-7,10-11,15,18-19,21,23,26,29,31H,3-5,8-9,12-14,16-17,28H2,1-2H3,(H,30,33)(H,34,35)/t21-,23+,26+/m1/s1. The molecule has 36 heavy (non-hydrogen) atoms. The molecular formula is C27H42N3O5P. The summed E-state index contributed by atoms with van der Waals surface area (Å²) < 4.78 is 12.6. The Morgan fingerprint density at radius 1 is 1.19 bits per heavy atom. The Balaban J connectivity index is 1.49. The SMILES string of the molecule is CC(C)[C@H](NC(=O)[C@@H](N)Cc1c[nH]c2ccccc12)C(=O)CC[C@@H](O)CP(=O)(O)CC1CCCCC1. The number of nitrogens with one attached hydrogen (secondary N) is 2. The van der Waals surface area contributed by atoms with Crippen molar-refractivity contribution in [1.82, 2.24) is 10.3 Å². The van der Waals surface area contributed by atoms with Crippen LogP contribution in [0.4, 0.5) is 0 Å². The summed E-state index contributed by atoms with van der Waals surface area (Å²) in [4.78, 5) is 39.3. The van der Waals surface area contributed by atoms with E-state index in [4.69, 9.17) is 5.73 Å². The molecule has 0 saturated heterocycles. The Morgan fingerprint density at radius 2 is 1.89 bits per heavy atom. The van der Waals surface area contributed by atoms with Gasteiger partial charge in [-0.05, 0) is 49.1 Å². The number of fused-ring (bicyclic) bond motifs is 1. The lowest BCUT2D eigenvalue weighted by Crippen LogP contribution is -2.51. The van der Waals surface area contributed by atoms with Crippen molar-refractivity contribution < 1.29 is 24.2 Å². The van der Waals surface area contributed by atoms with E-state index in [2.05, 4.69) is 10.3 Å². The van der Waals surface area contributed by atoms with E-state index in [1.165, 1.54) is 6.42 Å². The average molecular weight is 520 g/mol. The molecule has 1 aliphatic carbocycles. The summed E-state index contributed by atoms with van der Waals surface area (Å²) in [7, 11) is -3.45. The van der Waals surface area contributed by atoms with Crippen LogP contribution in [0.1, 0.15) is 64.4 Å². The van der Waals surface area contributed by atoms with Crippen LogP contribution in [0.15, 0.2) is 30.5 Å². The second-order valence-electron chi connectivity index (χ2n) is 10.8. The minimum absolute atomic E-state index is 0.0193. The van der Waals surface area contributed by atoms with Gasteiger partial charge in [-0.3, -0.25) is 14.2 Å². The van der Waals surface area contributed by atoms with Crippen molar-refractivity contribution in [2.24, 2.45) is 17.6 Å². The zero-order chi connectivity index (χ0) is 26.3. The highest BCUT2D eigenvalue weighted by Crippen LogP contribution is 2.46. The molecule has 1 fully saturated rings. The van der Waals surface area contributed by atoms with E-state index < -0.39 is 31.5 Å². The van der Waals surface area contributed by atoms with Crippen LogP contribution in [0.25, 0.3) is 10.9 Å². The molecule has 1 saturated carbocycles. The quantitative estimate of drug-likeness (QED) is 0.255. The normalized spacial score (nSPS) is 19.1. The number of aromatic amines is 1. The van der Waals surface area contributed by atoms with Crippen LogP contribution in [0.5, 0.6) is 0 Å². The highest BCUT2D eigenvalue weighted by Gasteiger charge is 2.30. The first-order chi connectivity index (χ1) is 17.1. The van der Waals surface area contributed by atoms with Crippen molar-refractivity contribution >= 4 is 30.0 Å². The summed E-state index contributed by atoms with van der Waals surface area (Å²) in [5.74, 6) is -0.525. The predicted octanol–water partition coefficient (Wildman–Crippen LogP) is 3.74. The lowest BCUT2D eigenvalue weighted by atomic mass is 9.91. The van der Waals surface area contributed by atoms with Gasteiger partial charge in [0.1, 0.15) is 0 Å². The van der Waals surface area contributed by atoms with Gasteiger partial charge < -0.3 is 26.0 Å². The summed E-state index contributed by atoms with van der Waals surface area (Å²) in [6.07, 6.45) is 6.62. The molecular weight excluding hydrogens is 477 g/mol. The number of ketones is 1. The first-order valence-electron chi connectivity index (χ1n) is 13.2. The molecule has 1 amide bonds. The van der Waals surface area contributed by atoms with E-state index >= 15 is 0 Å². The van der Waals surface area contributed by atoms with Crippen LogP contribution < -0.4 is 11.1 Å². The Kier molecular flexibility index (Phi) is 10.3. The summed E-state index contributed by atoms with van der Waals surface area (Å²) in [5, 5.41) is 14.2. The third-order valence-corrected chi connectivity index (χ3v) is 9.33. The molecule has 1 aromatic heterocycles. The number of H-pyrrole nitrogens is 1. The largest absolute Gasteiger partial charge is 0.393 e. The van der Waals surface area contributed by atoms with Crippen LogP contribution in [-0.2, 0) is 20.6 Å². The first-order valence-corrected chi connectivity index (χ1v) is 15.2. The molecule has 8 nitrogen and oxygen atoms in total. The van der Waals surface area contributed by atoms with Gasteiger partial charge in [-0.15, -0.1) is 0 Å². The predicted molar refractivity (Wildman–Crippen MR) is 143 cm³/mol. The van der Waals surface area contributed by atoms with Crippen molar-refractivity contribution in [3.63, 3.8) is 0 Å². The Hall–Kier alpha value is -1.99. The van der Waals surface area contributed by atoms with E-state index in [9.17, 15) is 24.2 Å². The molecule has 200 valence electrons. The maximum absolute atomic E-state index is 12.9. The maximum Gasteiger partial charge on any atom is 0.237 e. The minimum Gasteiger partial charge on any atom is -0.393 e. The topological polar surface area (TPSA) is 146 Å². The van der Waals surface area contributed by atoms with Gasteiger partial charge in [0.15, 0.2) is 5.78 Å². The number of aliphatic hydroxyl groups is 1. The van der Waals surface area contributed by atoms with Gasteiger partial charge in [-0.25, -0.2) is 0 Å². The van der Waals surface area contributed by atoms with Crippen LogP contribution >= 0.6 is 7.37 Å². The molecule has 1 unspecified atom stereocenters. The molecule has 0 aliphatic heterocycles. The number of rotatable bonds is 13. The van der Waals surface area contributed by atoms with Gasteiger partial charge in [0.2, 0.25) is 13.3 Å². The molecule has 6 N–H and O–H groups in total. The molecule has 1 aliphatic rings. The molecule has 0 spiro atoms. The summed E-state index contributed by atoms with van der Waals surface area (Å²) in [6.45, 7) is 3.69. The smallest absolute Gasteiger partial charge is 0.237 e. The number of carbonyl (C=O) groups excluding carboxylic acids is 2. The maximum atomic E-state index is 12.9. The number of hydrogen-bond acceptors (Lipinski definition) is 5. The number of amides is 1. The lowest BCUT2D eigenvalue weighted by Gasteiger charge is -2.25. The van der Waals surface area contributed by atoms with Gasteiger partial charge in [-0.1, -0.05) is 51.3 Å². The average Bonchev–Trinajstić information content (AvgIpc) is 3.23. The minimum atomic E-state index is -3.45. The number of aliphatic hydroxyl groups excluding tert-OH is 1. The first kappa shape index (κ1) is 28.6. The fraction of sp³-hybridized carbons (Fsp3) is 0.630. The van der Waals surface area contributed by atoms with Crippen molar-refractivity contribution in [3.05, 3.63) is 36.0 Å². The second kappa shape index (κ2) is 13.0. The monoisotopic (exact) mass is 519 g/mol. The third-order valence-electron chi connectivity index (χ3n) is 7.25. The van der Waals surface area contributed by atoms with E-state index in [-0.39, 0.29) is 42.8 Å². The van der Waals surface area contributed by atoms with E-state index in [1.807, 2.05) is 44.3 Å². The van der Waals surface area contributed by atoms with E-state index in [0.29, 0.717) is 6.42 Å². The number of aromatic nitrogens is 1. The number of carbonyl (C=O) groups is 2. The number of nitrogens with two attached hydrogens (primary N) is 1. The zero-order valence-corrected chi connectivity index (χ0v) is 22.4. The summed E-state index contributed by atoms with van der Waals surface area (Å²) in [5.41, 5.74) is 8.09. The Labute approximate surface area is 213 Å². The highest BCUT2D eigenvalue weighted by molar-refractivity contribution is 7.58. The molecule has 2 aromatic rings.